The lowest BCUT2D eigenvalue weighted by Crippen LogP contribution is -2.40. The monoisotopic (exact) mass is 282 g/mol. The molecule has 114 valence electrons. The average Bonchev–Trinajstić information content (AvgIpc) is 2.84. The summed E-state index contributed by atoms with van der Waals surface area (Å²) in [6.07, 6.45) is 14.5. The number of rotatable bonds is 0. The van der Waals surface area contributed by atoms with Gasteiger partial charge in [-0.05, 0) is 87.9 Å². The molecule has 0 spiro atoms. The second kappa shape index (κ2) is 5.19. The predicted octanol–water partition coefficient (Wildman–Crippen LogP) is 5.73. The van der Waals surface area contributed by atoms with Crippen molar-refractivity contribution in [2.75, 3.05) is 0 Å². The molecule has 0 aromatic rings. The van der Waals surface area contributed by atoms with Crippen molar-refractivity contribution in [2.45, 2.75) is 78.1 Å². The normalized spacial score (nSPS) is 45.2. The van der Waals surface area contributed by atoms with E-state index in [1.54, 1.807) is 0 Å². The Labute approximate surface area is 130 Å². The van der Waals surface area contributed by atoms with Crippen LogP contribution in [-0.4, -0.2) is 0 Å². The van der Waals surface area contributed by atoms with E-state index in [1.807, 2.05) is 18.1 Å². The molecule has 4 aliphatic carbocycles. The lowest BCUT2D eigenvalue weighted by Gasteiger charge is -2.49. The standard InChI is InChI=1S/C21H30/c1-3-6-16-10-12-20-19-11-9-15-7-4-5-8-17(15)18(19)13-14-21(16,20)2/h15-16,19-20H,4-5,7-14H2,1-2H3/t15?,16-,19-,20+,21-/m1/s1. The summed E-state index contributed by atoms with van der Waals surface area (Å²) in [6, 6.07) is 0. The first-order chi connectivity index (χ1) is 10.2. The summed E-state index contributed by atoms with van der Waals surface area (Å²) >= 11 is 0. The van der Waals surface area contributed by atoms with E-state index in [4.69, 9.17) is 0 Å². The third-order valence-electron chi connectivity index (χ3n) is 7.57. The van der Waals surface area contributed by atoms with Crippen LogP contribution in [0.15, 0.2) is 11.1 Å². The van der Waals surface area contributed by atoms with E-state index >= 15 is 0 Å². The van der Waals surface area contributed by atoms with Crippen LogP contribution in [0.25, 0.3) is 0 Å². The van der Waals surface area contributed by atoms with Gasteiger partial charge in [0.05, 0.1) is 0 Å². The van der Waals surface area contributed by atoms with Gasteiger partial charge in [-0.2, -0.15) is 0 Å². The van der Waals surface area contributed by atoms with Crippen LogP contribution >= 0.6 is 0 Å². The van der Waals surface area contributed by atoms with E-state index in [1.165, 1.54) is 64.2 Å². The van der Waals surface area contributed by atoms with E-state index in [2.05, 4.69) is 18.8 Å². The summed E-state index contributed by atoms with van der Waals surface area (Å²) in [6.45, 7) is 4.61. The molecule has 1 unspecified atom stereocenters. The smallest absolute Gasteiger partial charge is 0.0259 e. The molecule has 0 heterocycles. The largest absolute Gasteiger partial charge is 0.106 e. The van der Waals surface area contributed by atoms with Gasteiger partial charge < -0.3 is 0 Å². The number of hydrogen-bond acceptors (Lipinski definition) is 0. The van der Waals surface area contributed by atoms with Crippen molar-refractivity contribution in [3.63, 3.8) is 0 Å². The molecule has 0 aromatic heterocycles. The van der Waals surface area contributed by atoms with Crippen molar-refractivity contribution >= 4 is 0 Å². The fourth-order valence-corrected chi connectivity index (χ4v) is 6.51. The highest BCUT2D eigenvalue weighted by atomic mass is 14.6. The molecule has 0 radical (unpaired) electrons. The molecule has 0 nitrogen and oxygen atoms in total. The number of fused-ring (bicyclic) bond motifs is 4. The van der Waals surface area contributed by atoms with Crippen molar-refractivity contribution in [3.05, 3.63) is 11.1 Å². The SMILES string of the molecule is CC#C[C@@H]1CC[C@H]2[C@@H]3CCC4CCCCC4=C3CC[C@]12C. The van der Waals surface area contributed by atoms with Crippen LogP contribution in [0.5, 0.6) is 0 Å². The maximum atomic E-state index is 3.57. The van der Waals surface area contributed by atoms with Gasteiger partial charge in [-0.3, -0.25) is 0 Å². The summed E-state index contributed by atoms with van der Waals surface area (Å²) in [5, 5.41) is 0. The Morgan fingerprint density at radius 2 is 1.86 bits per heavy atom. The van der Waals surface area contributed by atoms with Crippen molar-refractivity contribution < 1.29 is 0 Å². The molecular formula is C21H30. The Bertz CT molecular complexity index is 514. The Hall–Kier alpha value is -0.700. The molecule has 21 heavy (non-hydrogen) atoms. The van der Waals surface area contributed by atoms with E-state index < -0.39 is 0 Å². The minimum Gasteiger partial charge on any atom is -0.106 e. The van der Waals surface area contributed by atoms with Crippen LogP contribution in [0.1, 0.15) is 78.1 Å². The molecule has 4 rings (SSSR count). The molecule has 3 saturated carbocycles. The first kappa shape index (κ1) is 13.9. The van der Waals surface area contributed by atoms with E-state index in [0.717, 1.165) is 17.8 Å². The molecule has 0 bridgehead atoms. The van der Waals surface area contributed by atoms with Crippen LogP contribution in [-0.2, 0) is 0 Å². The molecule has 3 fully saturated rings. The summed E-state index contributed by atoms with van der Waals surface area (Å²) in [4.78, 5) is 0. The first-order valence-electron chi connectivity index (χ1n) is 9.38. The van der Waals surface area contributed by atoms with Gasteiger partial charge in [0.15, 0.2) is 0 Å². The summed E-state index contributed by atoms with van der Waals surface area (Å²) in [7, 11) is 0. The average molecular weight is 282 g/mol. The highest BCUT2D eigenvalue weighted by Gasteiger charge is 2.53. The third-order valence-corrected chi connectivity index (χ3v) is 7.57. The van der Waals surface area contributed by atoms with Crippen molar-refractivity contribution in [2.24, 2.45) is 29.1 Å². The van der Waals surface area contributed by atoms with E-state index in [9.17, 15) is 0 Å². The van der Waals surface area contributed by atoms with Crippen molar-refractivity contribution in [1.29, 1.82) is 0 Å². The lowest BCUT2D eigenvalue weighted by atomic mass is 9.55. The van der Waals surface area contributed by atoms with Crippen molar-refractivity contribution in [1.82, 2.24) is 0 Å². The highest BCUT2D eigenvalue weighted by molar-refractivity contribution is 5.30. The topological polar surface area (TPSA) is 0 Å². The first-order valence-corrected chi connectivity index (χ1v) is 9.38. The van der Waals surface area contributed by atoms with Gasteiger partial charge in [-0.25, -0.2) is 0 Å². The Kier molecular flexibility index (Phi) is 3.44. The maximum absolute atomic E-state index is 3.57. The molecule has 0 heteroatoms. The number of hydrogen-bond donors (Lipinski definition) is 0. The summed E-state index contributed by atoms with van der Waals surface area (Å²) in [5.41, 5.74) is 4.43. The molecule has 0 saturated heterocycles. The van der Waals surface area contributed by atoms with Gasteiger partial charge >= 0.3 is 0 Å². The molecular weight excluding hydrogens is 252 g/mol. The quantitative estimate of drug-likeness (QED) is 0.393. The fraction of sp³-hybridized carbons (Fsp3) is 0.810. The highest BCUT2D eigenvalue weighted by Crippen LogP contribution is 2.62. The van der Waals surface area contributed by atoms with Gasteiger partial charge in [0.1, 0.15) is 0 Å². The van der Waals surface area contributed by atoms with Gasteiger partial charge in [0.25, 0.3) is 0 Å². The molecule has 4 aliphatic rings. The van der Waals surface area contributed by atoms with Gasteiger partial charge in [-0.1, -0.05) is 30.4 Å². The molecule has 0 N–H and O–H groups in total. The predicted molar refractivity (Wildman–Crippen MR) is 88.7 cm³/mol. The maximum Gasteiger partial charge on any atom is 0.0259 e. The molecule has 5 atom stereocenters. The third kappa shape index (κ3) is 2.03. The van der Waals surface area contributed by atoms with Crippen molar-refractivity contribution in [3.8, 4) is 11.8 Å². The number of allylic oxidation sites excluding steroid dienone is 2. The lowest BCUT2D eigenvalue weighted by molar-refractivity contribution is 0.0865. The Morgan fingerprint density at radius 3 is 2.71 bits per heavy atom. The summed E-state index contributed by atoms with van der Waals surface area (Å²) < 4.78 is 0. The van der Waals surface area contributed by atoms with Crippen LogP contribution in [0.3, 0.4) is 0 Å². The van der Waals surface area contributed by atoms with E-state index in [-0.39, 0.29) is 0 Å². The fourth-order valence-electron chi connectivity index (χ4n) is 6.51. The van der Waals surface area contributed by atoms with Crippen LogP contribution in [0.2, 0.25) is 0 Å². The van der Waals surface area contributed by atoms with Crippen LogP contribution in [0, 0.1) is 40.9 Å². The zero-order valence-electron chi connectivity index (χ0n) is 13.9. The van der Waals surface area contributed by atoms with E-state index in [0.29, 0.717) is 11.3 Å². The zero-order valence-corrected chi connectivity index (χ0v) is 13.9. The van der Waals surface area contributed by atoms with Crippen LogP contribution < -0.4 is 0 Å². The molecule has 0 aliphatic heterocycles. The second-order valence-corrected chi connectivity index (χ2v) is 8.31. The second-order valence-electron chi connectivity index (χ2n) is 8.31. The van der Waals surface area contributed by atoms with Crippen LogP contribution in [0.4, 0.5) is 0 Å². The minimum atomic E-state index is 0.527. The summed E-state index contributed by atoms with van der Waals surface area (Å²) in [5.74, 6) is 10.4. The zero-order chi connectivity index (χ0) is 14.4. The van der Waals surface area contributed by atoms with Gasteiger partial charge in [-0.15, -0.1) is 5.92 Å². The Morgan fingerprint density at radius 1 is 0.952 bits per heavy atom. The Balaban J connectivity index is 1.67. The molecule has 0 amide bonds. The minimum absolute atomic E-state index is 0.527. The van der Waals surface area contributed by atoms with Gasteiger partial charge in [0, 0.05) is 5.92 Å². The van der Waals surface area contributed by atoms with Gasteiger partial charge in [0.2, 0.25) is 0 Å². The molecule has 0 aromatic carbocycles.